The van der Waals surface area contributed by atoms with Gasteiger partial charge in [-0.1, -0.05) is 12.1 Å². The molecule has 1 saturated carbocycles. The van der Waals surface area contributed by atoms with Crippen LogP contribution >= 0.6 is 0 Å². The third kappa shape index (κ3) is 8.63. The molecule has 0 unspecified atom stereocenters. The van der Waals surface area contributed by atoms with E-state index in [9.17, 15) is 30.8 Å². The number of halogens is 4. The molecule has 0 radical (unpaired) electrons. The highest BCUT2D eigenvalue weighted by Gasteiger charge is 2.51. The van der Waals surface area contributed by atoms with E-state index >= 15 is 0 Å². The molecule has 2 aromatic carbocycles. The van der Waals surface area contributed by atoms with Crippen molar-refractivity contribution in [2.24, 2.45) is 0 Å². The second kappa shape index (κ2) is 12.7. The summed E-state index contributed by atoms with van der Waals surface area (Å²) in [5, 5.41) is 10.2. The number of benzene rings is 2. The lowest BCUT2D eigenvalue weighted by Gasteiger charge is -2.26. The summed E-state index contributed by atoms with van der Waals surface area (Å²) in [5.74, 6) is -3.23. The molecule has 0 bridgehead atoms. The molecule has 0 atom stereocenters. The molecule has 1 saturated heterocycles. The molecule has 1 aliphatic heterocycles. The second-order valence-corrected chi connectivity index (χ2v) is 10.8. The predicted molar refractivity (Wildman–Crippen MR) is 133 cm³/mol. The van der Waals surface area contributed by atoms with E-state index in [2.05, 4.69) is 14.9 Å². The first kappa shape index (κ1) is 30.3. The van der Waals surface area contributed by atoms with Crippen LogP contribution in [0.5, 0.6) is 0 Å². The van der Waals surface area contributed by atoms with Crippen LogP contribution in [0.2, 0.25) is 0 Å². The molecule has 9 nitrogen and oxygen atoms in total. The van der Waals surface area contributed by atoms with E-state index in [1.165, 1.54) is 12.1 Å². The van der Waals surface area contributed by atoms with Crippen LogP contribution in [0.1, 0.15) is 24.8 Å². The minimum absolute atomic E-state index is 0.0157. The van der Waals surface area contributed by atoms with Crippen LogP contribution in [0.3, 0.4) is 0 Å². The van der Waals surface area contributed by atoms with Gasteiger partial charge in [-0.25, -0.2) is 17.6 Å². The monoisotopic (exact) mass is 575 g/mol. The molecular weight excluding hydrogens is 546 g/mol. The van der Waals surface area contributed by atoms with Crippen molar-refractivity contribution in [2.45, 2.75) is 35.7 Å². The molecule has 0 aromatic heterocycles. The molecule has 2 aromatic rings. The fourth-order valence-corrected chi connectivity index (χ4v) is 5.01. The lowest BCUT2D eigenvalue weighted by Crippen LogP contribution is -2.39. The highest BCUT2D eigenvalue weighted by atomic mass is 32.2. The van der Waals surface area contributed by atoms with Crippen molar-refractivity contribution in [3.8, 4) is 0 Å². The Balaban J connectivity index is 0.000000532. The number of hydrogen-bond acceptors (Lipinski definition) is 6. The number of carbonyl (C=O) groups is 2. The van der Waals surface area contributed by atoms with Crippen LogP contribution in [0.4, 0.5) is 23.2 Å². The topological polar surface area (TPSA) is 125 Å². The maximum absolute atomic E-state index is 13.1. The fraction of sp³-hybridized carbons (Fsp3) is 0.440. The van der Waals surface area contributed by atoms with E-state index in [0.717, 1.165) is 69.8 Å². The molecule has 1 heterocycles. The maximum atomic E-state index is 13.1. The highest BCUT2D eigenvalue weighted by Crippen LogP contribution is 2.48. The zero-order chi connectivity index (χ0) is 28.7. The summed E-state index contributed by atoms with van der Waals surface area (Å²) in [7, 11) is -3.81. The average molecular weight is 576 g/mol. The number of nitrogens with one attached hydrogen (secondary N) is 2. The number of carboxylic acid groups (broad SMARTS) is 1. The number of carboxylic acids is 1. The number of sulfonamides is 1. The van der Waals surface area contributed by atoms with E-state index in [-0.39, 0.29) is 10.8 Å². The quantitative estimate of drug-likeness (QED) is 0.310. The molecule has 14 heteroatoms. The van der Waals surface area contributed by atoms with Gasteiger partial charge in [0, 0.05) is 25.3 Å². The zero-order valence-electron chi connectivity index (χ0n) is 20.8. The fourth-order valence-electron chi connectivity index (χ4n) is 3.96. The van der Waals surface area contributed by atoms with Gasteiger partial charge in [0.25, 0.3) is 10.0 Å². The van der Waals surface area contributed by atoms with Gasteiger partial charge in [-0.2, -0.15) is 13.2 Å². The van der Waals surface area contributed by atoms with Crippen molar-refractivity contribution in [2.75, 3.05) is 44.1 Å². The van der Waals surface area contributed by atoms with Gasteiger partial charge in [-0.3, -0.25) is 14.4 Å². The molecule has 1 aliphatic carbocycles. The Morgan fingerprint density at radius 1 is 1.00 bits per heavy atom. The number of alkyl halides is 3. The summed E-state index contributed by atoms with van der Waals surface area (Å²) in [5.41, 5.74) is 0.751. The molecule has 3 N–H and O–H groups in total. The number of hydrogen-bond donors (Lipinski definition) is 3. The minimum Gasteiger partial charge on any atom is -0.475 e. The average Bonchev–Trinajstić information content (AvgIpc) is 3.70. The number of rotatable bonds is 9. The summed E-state index contributed by atoms with van der Waals surface area (Å²) < 4.78 is 77.6. The van der Waals surface area contributed by atoms with Gasteiger partial charge >= 0.3 is 12.1 Å². The molecule has 1 amide bonds. The molecule has 39 heavy (non-hydrogen) atoms. The Morgan fingerprint density at radius 3 is 2.08 bits per heavy atom. The van der Waals surface area contributed by atoms with Gasteiger partial charge < -0.3 is 15.2 Å². The molecule has 2 fully saturated rings. The number of amides is 1. The van der Waals surface area contributed by atoms with Crippen molar-refractivity contribution in [1.29, 1.82) is 0 Å². The molecule has 0 spiro atoms. The Morgan fingerprint density at radius 2 is 1.56 bits per heavy atom. The summed E-state index contributed by atoms with van der Waals surface area (Å²) in [6, 6.07) is 11.5. The number of ether oxygens (including phenoxy) is 1. The third-order valence-electron chi connectivity index (χ3n) is 6.28. The molecule has 2 aliphatic rings. The van der Waals surface area contributed by atoms with E-state index in [1.54, 1.807) is 24.3 Å². The minimum atomic E-state index is -5.08. The van der Waals surface area contributed by atoms with Crippen LogP contribution in [-0.4, -0.2) is 75.9 Å². The van der Waals surface area contributed by atoms with Crippen molar-refractivity contribution < 1.29 is 45.4 Å². The van der Waals surface area contributed by atoms with E-state index in [0.29, 0.717) is 12.2 Å². The van der Waals surface area contributed by atoms with E-state index < -0.39 is 33.4 Å². The summed E-state index contributed by atoms with van der Waals surface area (Å²) in [6.45, 7) is 4.99. The molecule has 214 valence electrons. The smallest absolute Gasteiger partial charge is 0.475 e. The maximum Gasteiger partial charge on any atom is 0.490 e. The number of morpholine rings is 1. The zero-order valence-corrected chi connectivity index (χ0v) is 21.7. The van der Waals surface area contributed by atoms with Gasteiger partial charge in [0.2, 0.25) is 5.91 Å². The first-order valence-electron chi connectivity index (χ1n) is 12.1. The van der Waals surface area contributed by atoms with Crippen molar-refractivity contribution in [1.82, 2.24) is 10.2 Å². The van der Waals surface area contributed by atoms with Gasteiger partial charge in [0.15, 0.2) is 0 Å². The predicted octanol–water partition coefficient (Wildman–Crippen LogP) is 3.13. The Bertz CT molecular complexity index is 1230. The SMILES string of the molecule is O=C(NCCCN1CCOCC1)C1(c2ccc(NS(=O)(=O)c3ccc(F)cc3)cc2)CC1.O=C(O)C(F)(F)F. The van der Waals surface area contributed by atoms with Crippen molar-refractivity contribution in [3.63, 3.8) is 0 Å². The number of nitrogens with zero attached hydrogens (tertiary/aromatic N) is 1. The Hall–Kier alpha value is -3.23. The number of carbonyl (C=O) groups excluding carboxylic acids is 1. The number of aliphatic carboxylic acids is 1. The van der Waals surface area contributed by atoms with Crippen LogP contribution in [0.15, 0.2) is 53.4 Å². The van der Waals surface area contributed by atoms with Crippen LogP contribution in [-0.2, 0) is 29.8 Å². The van der Waals surface area contributed by atoms with Crippen molar-refractivity contribution in [3.05, 3.63) is 59.9 Å². The Kier molecular flexibility index (Phi) is 9.91. The second-order valence-electron chi connectivity index (χ2n) is 9.09. The third-order valence-corrected chi connectivity index (χ3v) is 7.68. The lowest BCUT2D eigenvalue weighted by atomic mass is 9.95. The van der Waals surface area contributed by atoms with Crippen LogP contribution in [0, 0.1) is 5.82 Å². The normalized spacial score (nSPS) is 16.9. The largest absolute Gasteiger partial charge is 0.490 e. The first-order valence-corrected chi connectivity index (χ1v) is 13.6. The van der Waals surface area contributed by atoms with Crippen LogP contribution in [0.25, 0.3) is 0 Å². The van der Waals surface area contributed by atoms with Crippen molar-refractivity contribution >= 4 is 27.6 Å². The summed E-state index contributed by atoms with van der Waals surface area (Å²) in [6.07, 6.45) is -2.63. The molecule has 4 rings (SSSR count). The van der Waals surface area contributed by atoms with Gasteiger partial charge in [-0.15, -0.1) is 0 Å². The van der Waals surface area contributed by atoms with Gasteiger partial charge in [-0.05, 0) is 67.8 Å². The standard InChI is InChI=1S/C23H28FN3O4S.C2HF3O2/c24-19-4-8-21(9-5-19)32(29,30)26-20-6-2-18(3-7-20)23(10-11-23)22(28)25-12-1-13-27-14-16-31-17-15-27;3-2(4,5)1(6)7/h2-9,26H,1,10-17H2,(H,25,28);(H,6,7). The van der Waals surface area contributed by atoms with Gasteiger partial charge in [0.05, 0.1) is 23.5 Å². The highest BCUT2D eigenvalue weighted by molar-refractivity contribution is 7.92. The summed E-state index contributed by atoms with van der Waals surface area (Å²) >= 11 is 0. The van der Waals surface area contributed by atoms with Gasteiger partial charge in [0.1, 0.15) is 5.82 Å². The number of anilines is 1. The van der Waals surface area contributed by atoms with E-state index in [1.807, 2.05) is 0 Å². The first-order chi connectivity index (χ1) is 18.3. The van der Waals surface area contributed by atoms with E-state index in [4.69, 9.17) is 14.6 Å². The summed E-state index contributed by atoms with van der Waals surface area (Å²) in [4.78, 5) is 24.0. The Labute approximate surface area is 223 Å². The lowest BCUT2D eigenvalue weighted by molar-refractivity contribution is -0.192. The molecular formula is C25H29F4N3O6S. The van der Waals surface area contributed by atoms with Crippen LogP contribution < -0.4 is 10.0 Å².